The van der Waals surface area contributed by atoms with Crippen molar-refractivity contribution in [3.8, 4) is 0 Å². The molecule has 0 bridgehead atoms. The van der Waals surface area contributed by atoms with Crippen molar-refractivity contribution in [2.75, 3.05) is 17.3 Å². The molecule has 0 radical (unpaired) electrons. The van der Waals surface area contributed by atoms with E-state index in [0.717, 1.165) is 17.9 Å². The van der Waals surface area contributed by atoms with Crippen LogP contribution in [0, 0.1) is 12.8 Å². The fraction of sp³-hybridized carbons (Fsp3) is 0.600. The molecule has 4 nitrogen and oxygen atoms in total. The van der Waals surface area contributed by atoms with E-state index in [-0.39, 0.29) is 11.8 Å². The second kappa shape index (κ2) is 3.85. The maximum absolute atomic E-state index is 11.7. The van der Waals surface area contributed by atoms with Crippen LogP contribution in [0.5, 0.6) is 0 Å². The second-order valence-corrected chi connectivity index (χ2v) is 4.28. The molecule has 1 amide bonds. The van der Waals surface area contributed by atoms with E-state index in [1.165, 1.54) is 0 Å². The van der Waals surface area contributed by atoms with Gasteiger partial charge in [-0.2, -0.15) is 5.10 Å². The monoisotopic (exact) mass is 227 g/mol. The highest BCUT2D eigenvalue weighted by Gasteiger charge is 2.31. The van der Waals surface area contributed by atoms with E-state index in [4.69, 9.17) is 11.6 Å². The summed E-state index contributed by atoms with van der Waals surface area (Å²) in [5, 5.41) is 4.14. The quantitative estimate of drug-likeness (QED) is 0.715. The van der Waals surface area contributed by atoms with Crippen LogP contribution in [0.15, 0.2) is 6.20 Å². The van der Waals surface area contributed by atoms with Gasteiger partial charge in [0.15, 0.2) is 0 Å². The van der Waals surface area contributed by atoms with Gasteiger partial charge in [-0.05, 0) is 12.8 Å². The van der Waals surface area contributed by atoms with Crippen LogP contribution in [-0.2, 0) is 11.8 Å². The van der Waals surface area contributed by atoms with Gasteiger partial charge in [-0.3, -0.25) is 9.48 Å². The molecular weight excluding hydrogens is 214 g/mol. The van der Waals surface area contributed by atoms with Crippen molar-refractivity contribution in [3.05, 3.63) is 11.9 Å². The Morgan fingerprint density at radius 2 is 2.40 bits per heavy atom. The third kappa shape index (κ3) is 1.74. The topological polar surface area (TPSA) is 38.1 Å². The molecule has 1 atom stereocenters. The van der Waals surface area contributed by atoms with Crippen molar-refractivity contribution in [2.24, 2.45) is 13.0 Å². The van der Waals surface area contributed by atoms with E-state index in [0.29, 0.717) is 12.3 Å². The summed E-state index contributed by atoms with van der Waals surface area (Å²) in [4.78, 5) is 13.5. The van der Waals surface area contributed by atoms with Gasteiger partial charge in [0.05, 0.1) is 17.6 Å². The van der Waals surface area contributed by atoms with E-state index >= 15 is 0 Å². The van der Waals surface area contributed by atoms with Crippen molar-refractivity contribution in [3.63, 3.8) is 0 Å². The number of aromatic nitrogens is 2. The third-order valence-corrected chi connectivity index (χ3v) is 3.36. The van der Waals surface area contributed by atoms with Crippen LogP contribution in [-0.4, -0.2) is 28.1 Å². The summed E-state index contributed by atoms with van der Waals surface area (Å²) < 4.78 is 1.77. The molecule has 0 N–H and O–H groups in total. The Bertz CT molecular complexity index is 388. The summed E-state index contributed by atoms with van der Waals surface area (Å²) in [7, 11) is 1.87. The molecule has 0 aromatic carbocycles. The van der Waals surface area contributed by atoms with Gasteiger partial charge < -0.3 is 4.90 Å². The highest BCUT2D eigenvalue weighted by atomic mass is 35.5. The van der Waals surface area contributed by atoms with Crippen LogP contribution < -0.4 is 4.90 Å². The number of hydrogen-bond donors (Lipinski definition) is 0. The number of alkyl halides is 1. The molecule has 82 valence electrons. The van der Waals surface area contributed by atoms with E-state index in [2.05, 4.69) is 5.10 Å². The van der Waals surface area contributed by atoms with E-state index in [9.17, 15) is 4.79 Å². The number of nitrogens with zero attached hydrogens (tertiary/aromatic N) is 3. The van der Waals surface area contributed by atoms with Gasteiger partial charge in [0.1, 0.15) is 0 Å². The molecule has 1 aliphatic heterocycles. The lowest BCUT2D eigenvalue weighted by Gasteiger charge is -2.15. The first kappa shape index (κ1) is 10.5. The average Bonchev–Trinajstić information content (AvgIpc) is 2.73. The van der Waals surface area contributed by atoms with Crippen molar-refractivity contribution >= 4 is 23.2 Å². The molecule has 1 aliphatic rings. The predicted molar refractivity (Wildman–Crippen MR) is 59.1 cm³/mol. The molecular formula is C10H14ClN3O. The maximum atomic E-state index is 11.7. The molecule has 1 aromatic rings. The van der Waals surface area contributed by atoms with Crippen molar-refractivity contribution in [2.45, 2.75) is 13.3 Å². The first-order valence-corrected chi connectivity index (χ1v) is 5.52. The lowest BCUT2D eigenvalue weighted by Crippen LogP contribution is -2.25. The molecule has 2 heterocycles. The lowest BCUT2D eigenvalue weighted by molar-refractivity contribution is -0.117. The second-order valence-electron chi connectivity index (χ2n) is 3.97. The van der Waals surface area contributed by atoms with Gasteiger partial charge in [-0.25, -0.2) is 0 Å². The molecule has 1 aromatic heterocycles. The van der Waals surface area contributed by atoms with Gasteiger partial charge in [0.25, 0.3) is 0 Å². The number of halogens is 1. The third-order valence-electron chi connectivity index (χ3n) is 2.92. The van der Waals surface area contributed by atoms with Crippen LogP contribution in [0.25, 0.3) is 0 Å². The Morgan fingerprint density at radius 1 is 1.67 bits per heavy atom. The standard InChI is InChI=1S/C10H14ClN3O/c1-7-9(5-12-13(7)2)14-6-8(4-11)3-10(14)15/h5,8H,3-4,6H2,1-2H3. The average molecular weight is 228 g/mol. The lowest BCUT2D eigenvalue weighted by atomic mass is 10.1. The number of amides is 1. The number of anilines is 1. The molecule has 1 unspecified atom stereocenters. The molecule has 0 aliphatic carbocycles. The fourth-order valence-corrected chi connectivity index (χ4v) is 2.08. The van der Waals surface area contributed by atoms with Gasteiger partial charge in [-0.1, -0.05) is 0 Å². The summed E-state index contributed by atoms with van der Waals surface area (Å²) in [5.74, 6) is 0.970. The number of aryl methyl sites for hydroxylation is 1. The van der Waals surface area contributed by atoms with Gasteiger partial charge >= 0.3 is 0 Å². The minimum Gasteiger partial charge on any atom is -0.309 e. The maximum Gasteiger partial charge on any atom is 0.227 e. The molecule has 0 spiro atoms. The van der Waals surface area contributed by atoms with E-state index in [1.807, 2.05) is 14.0 Å². The van der Waals surface area contributed by atoms with Gasteiger partial charge in [-0.15, -0.1) is 11.6 Å². The van der Waals surface area contributed by atoms with Crippen LogP contribution in [0.2, 0.25) is 0 Å². The minimum atomic E-state index is 0.150. The zero-order chi connectivity index (χ0) is 11.0. The molecule has 15 heavy (non-hydrogen) atoms. The molecule has 2 rings (SSSR count). The zero-order valence-corrected chi connectivity index (χ0v) is 9.66. The van der Waals surface area contributed by atoms with Crippen LogP contribution in [0.1, 0.15) is 12.1 Å². The first-order valence-electron chi connectivity index (χ1n) is 4.98. The smallest absolute Gasteiger partial charge is 0.227 e. The summed E-state index contributed by atoms with van der Waals surface area (Å²) in [6.45, 7) is 2.68. The Labute approximate surface area is 93.8 Å². The van der Waals surface area contributed by atoms with Crippen LogP contribution in [0.3, 0.4) is 0 Å². The van der Waals surface area contributed by atoms with Crippen molar-refractivity contribution < 1.29 is 4.79 Å². The molecule has 1 fully saturated rings. The zero-order valence-electron chi connectivity index (χ0n) is 8.90. The van der Waals surface area contributed by atoms with Crippen LogP contribution >= 0.6 is 11.6 Å². The predicted octanol–water partition coefficient (Wildman–Crippen LogP) is 1.32. The van der Waals surface area contributed by atoms with Crippen LogP contribution in [0.4, 0.5) is 5.69 Å². The van der Waals surface area contributed by atoms with Gasteiger partial charge in [0, 0.05) is 25.9 Å². The SMILES string of the molecule is Cc1c(N2CC(CCl)CC2=O)cnn1C. The Hall–Kier alpha value is -1.03. The minimum absolute atomic E-state index is 0.150. The first-order chi connectivity index (χ1) is 7.13. The highest BCUT2D eigenvalue weighted by molar-refractivity contribution is 6.18. The fourth-order valence-electron chi connectivity index (χ4n) is 1.87. The summed E-state index contributed by atoms with van der Waals surface area (Å²) in [6.07, 6.45) is 2.29. The van der Waals surface area contributed by atoms with Gasteiger partial charge in [0.2, 0.25) is 5.91 Å². The van der Waals surface area contributed by atoms with E-state index < -0.39 is 0 Å². The van der Waals surface area contributed by atoms with Crippen molar-refractivity contribution in [1.29, 1.82) is 0 Å². The molecule has 5 heteroatoms. The number of hydrogen-bond acceptors (Lipinski definition) is 2. The molecule has 0 saturated carbocycles. The Morgan fingerprint density at radius 3 is 2.87 bits per heavy atom. The number of carbonyl (C=O) groups is 1. The summed E-state index contributed by atoms with van der Waals surface area (Å²) >= 11 is 5.77. The largest absolute Gasteiger partial charge is 0.309 e. The van der Waals surface area contributed by atoms with Crippen molar-refractivity contribution in [1.82, 2.24) is 9.78 Å². The van der Waals surface area contributed by atoms with E-state index in [1.54, 1.807) is 15.8 Å². The normalized spacial score (nSPS) is 21.4. The summed E-state index contributed by atoms with van der Waals surface area (Å²) in [6, 6.07) is 0. The highest BCUT2D eigenvalue weighted by Crippen LogP contribution is 2.27. The number of carbonyl (C=O) groups excluding carboxylic acids is 1. The Kier molecular flexibility index (Phi) is 2.69. The summed E-state index contributed by atoms with van der Waals surface area (Å²) in [5.41, 5.74) is 1.92. The Balaban J connectivity index is 2.25. The molecule has 1 saturated heterocycles. The number of rotatable bonds is 2.